The molecule has 1 N–H and O–H groups in total. The zero-order valence-electron chi connectivity index (χ0n) is 9.61. The van der Waals surface area contributed by atoms with Gasteiger partial charge in [-0.05, 0) is 19.9 Å². The Morgan fingerprint density at radius 3 is 2.82 bits per heavy atom. The lowest BCUT2D eigenvalue weighted by Gasteiger charge is -2.07. The van der Waals surface area contributed by atoms with E-state index in [1.165, 1.54) is 6.33 Å². The van der Waals surface area contributed by atoms with Crippen LogP contribution in [-0.4, -0.2) is 26.5 Å². The fraction of sp³-hybridized carbons (Fsp3) is 0.273. The minimum absolute atomic E-state index is 0.202. The molecule has 2 rings (SSSR count). The van der Waals surface area contributed by atoms with Crippen LogP contribution >= 0.6 is 0 Å². The van der Waals surface area contributed by atoms with Crippen LogP contribution in [0.2, 0.25) is 0 Å². The predicted molar refractivity (Wildman–Crippen MR) is 61.9 cm³/mol. The maximum atomic E-state index is 13.7. The number of nitrogens with one attached hydrogen (secondary N) is 1. The van der Waals surface area contributed by atoms with Gasteiger partial charge in [-0.3, -0.25) is 0 Å². The molecule has 0 saturated carbocycles. The number of aryl methyl sites for hydroxylation is 1. The lowest BCUT2D eigenvalue weighted by Crippen LogP contribution is -2.07. The molecule has 2 heterocycles. The first-order valence-corrected chi connectivity index (χ1v) is 5.26. The van der Waals surface area contributed by atoms with Gasteiger partial charge in [0, 0.05) is 12.7 Å². The maximum absolute atomic E-state index is 13.7. The number of hydrogen-bond acceptors (Lipinski definition) is 5. The summed E-state index contributed by atoms with van der Waals surface area (Å²) in [5.41, 5.74) is 0.867. The molecule has 0 atom stereocenters. The molecular weight excluding hydrogens is 221 g/mol. The molecule has 0 saturated heterocycles. The van der Waals surface area contributed by atoms with Gasteiger partial charge in [0.05, 0.1) is 5.69 Å². The van der Waals surface area contributed by atoms with E-state index >= 15 is 0 Å². The molecule has 0 unspecified atom stereocenters. The second-order valence-corrected chi connectivity index (χ2v) is 3.42. The molecule has 0 spiro atoms. The maximum Gasteiger partial charge on any atom is 0.186 e. The summed E-state index contributed by atoms with van der Waals surface area (Å²) in [5, 5.41) is 2.86. The van der Waals surface area contributed by atoms with Crippen LogP contribution in [0.4, 0.5) is 10.2 Å². The minimum Gasteiger partial charge on any atom is -0.368 e. The Labute approximate surface area is 98.2 Å². The van der Waals surface area contributed by atoms with Crippen LogP contribution in [-0.2, 0) is 0 Å². The summed E-state index contributed by atoms with van der Waals surface area (Å²) in [6.07, 6.45) is 3.00. The Morgan fingerprint density at radius 1 is 1.35 bits per heavy atom. The van der Waals surface area contributed by atoms with Crippen molar-refractivity contribution in [1.29, 1.82) is 0 Å². The Hall–Kier alpha value is -2.11. The first-order valence-electron chi connectivity index (χ1n) is 5.26. The molecule has 0 aliphatic carbocycles. The van der Waals surface area contributed by atoms with Crippen molar-refractivity contribution in [2.24, 2.45) is 0 Å². The van der Waals surface area contributed by atoms with E-state index in [1.54, 1.807) is 19.2 Å². The van der Waals surface area contributed by atoms with Crippen LogP contribution in [0.1, 0.15) is 12.6 Å². The fourth-order valence-electron chi connectivity index (χ4n) is 1.38. The monoisotopic (exact) mass is 233 g/mol. The van der Waals surface area contributed by atoms with Gasteiger partial charge in [0.1, 0.15) is 12.0 Å². The molecule has 0 aliphatic rings. The van der Waals surface area contributed by atoms with Gasteiger partial charge < -0.3 is 5.32 Å². The van der Waals surface area contributed by atoms with Gasteiger partial charge in [0.15, 0.2) is 17.5 Å². The van der Waals surface area contributed by atoms with Crippen molar-refractivity contribution >= 4 is 5.82 Å². The van der Waals surface area contributed by atoms with Crippen LogP contribution in [0.5, 0.6) is 0 Å². The van der Waals surface area contributed by atoms with Crippen molar-refractivity contribution in [2.75, 3.05) is 11.9 Å². The highest BCUT2D eigenvalue weighted by molar-refractivity contribution is 5.52. The van der Waals surface area contributed by atoms with E-state index in [-0.39, 0.29) is 5.82 Å². The summed E-state index contributed by atoms with van der Waals surface area (Å²) in [5.74, 6) is 0.167. The van der Waals surface area contributed by atoms with E-state index in [0.29, 0.717) is 23.8 Å². The van der Waals surface area contributed by atoms with Gasteiger partial charge >= 0.3 is 0 Å². The van der Waals surface area contributed by atoms with Crippen LogP contribution in [0, 0.1) is 12.7 Å². The molecule has 2 aromatic rings. The predicted octanol–water partition coefficient (Wildman–Crippen LogP) is 1.81. The third kappa shape index (κ3) is 2.35. The van der Waals surface area contributed by atoms with Gasteiger partial charge in [0.2, 0.25) is 0 Å². The molecule has 0 aromatic carbocycles. The van der Waals surface area contributed by atoms with Crippen molar-refractivity contribution in [1.82, 2.24) is 19.9 Å². The van der Waals surface area contributed by atoms with Gasteiger partial charge in [-0.2, -0.15) is 0 Å². The Bertz CT molecular complexity index is 515. The van der Waals surface area contributed by atoms with E-state index in [4.69, 9.17) is 0 Å². The molecular formula is C11H12FN5. The quantitative estimate of drug-likeness (QED) is 0.876. The van der Waals surface area contributed by atoms with E-state index in [0.717, 1.165) is 0 Å². The largest absolute Gasteiger partial charge is 0.368 e. The number of hydrogen-bond donors (Lipinski definition) is 1. The van der Waals surface area contributed by atoms with Crippen molar-refractivity contribution in [3.05, 3.63) is 30.1 Å². The lowest BCUT2D eigenvalue weighted by atomic mass is 10.3. The molecule has 2 aromatic heterocycles. The minimum atomic E-state index is -0.426. The highest BCUT2D eigenvalue weighted by Gasteiger charge is 2.12. The van der Waals surface area contributed by atoms with Crippen LogP contribution in [0.15, 0.2) is 18.6 Å². The van der Waals surface area contributed by atoms with Crippen LogP contribution in [0.3, 0.4) is 0 Å². The van der Waals surface area contributed by atoms with E-state index < -0.39 is 5.82 Å². The Kier molecular flexibility index (Phi) is 3.22. The zero-order valence-corrected chi connectivity index (χ0v) is 9.61. The summed E-state index contributed by atoms with van der Waals surface area (Å²) in [6.45, 7) is 4.07. The number of anilines is 1. The van der Waals surface area contributed by atoms with E-state index in [2.05, 4.69) is 25.3 Å². The fourth-order valence-corrected chi connectivity index (χ4v) is 1.38. The molecule has 0 bridgehead atoms. The molecule has 0 amide bonds. The Morgan fingerprint density at radius 2 is 2.18 bits per heavy atom. The SMILES string of the molecule is CCNc1nc(-c2ccncn2)nc(C)c1F. The Balaban J connectivity index is 2.49. The molecule has 0 aliphatic heterocycles. The molecule has 17 heavy (non-hydrogen) atoms. The van der Waals surface area contributed by atoms with Gasteiger partial charge in [-0.1, -0.05) is 0 Å². The second kappa shape index (κ2) is 4.82. The van der Waals surface area contributed by atoms with Crippen LogP contribution in [0.25, 0.3) is 11.5 Å². The summed E-state index contributed by atoms with van der Waals surface area (Å²) < 4.78 is 13.7. The van der Waals surface area contributed by atoms with E-state index in [9.17, 15) is 4.39 Å². The van der Waals surface area contributed by atoms with Gasteiger partial charge in [0.25, 0.3) is 0 Å². The summed E-state index contributed by atoms with van der Waals surface area (Å²) in [4.78, 5) is 16.0. The smallest absolute Gasteiger partial charge is 0.186 e. The van der Waals surface area contributed by atoms with E-state index in [1.807, 2.05) is 6.92 Å². The zero-order chi connectivity index (χ0) is 12.3. The summed E-state index contributed by atoms with van der Waals surface area (Å²) >= 11 is 0. The van der Waals surface area contributed by atoms with Crippen molar-refractivity contribution in [3.63, 3.8) is 0 Å². The third-order valence-corrected chi connectivity index (χ3v) is 2.17. The van der Waals surface area contributed by atoms with Crippen molar-refractivity contribution < 1.29 is 4.39 Å². The second-order valence-electron chi connectivity index (χ2n) is 3.42. The lowest BCUT2D eigenvalue weighted by molar-refractivity contribution is 0.606. The highest BCUT2D eigenvalue weighted by atomic mass is 19.1. The first-order chi connectivity index (χ1) is 8.22. The van der Waals surface area contributed by atoms with Gasteiger partial charge in [-0.15, -0.1) is 0 Å². The number of aromatic nitrogens is 4. The highest BCUT2D eigenvalue weighted by Crippen LogP contribution is 2.18. The van der Waals surface area contributed by atoms with Crippen LogP contribution < -0.4 is 5.32 Å². The average Bonchev–Trinajstić information content (AvgIpc) is 2.36. The third-order valence-electron chi connectivity index (χ3n) is 2.17. The van der Waals surface area contributed by atoms with Crippen molar-refractivity contribution in [3.8, 4) is 11.5 Å². The number of rotatable bonds is 3. The molecule has 6 heteroatoms. The molecule has 0 radical (unpaired) electrons. The standard InChI is InChI=1S/C11H12FN5/c1-3-14-11-9(12)7(2)16-10(17-11)8-4-5-13-6-15-8/h4-6H,3H2,1-2H3,(H,14,16,17). The number of nitrogens with zero attached hydrogens (tertiary/aromatic N) is 4. The molecule has 88 valence electrons. The topological polar surface area (TPSA) is 63.6 Å². The summed E-state index contributed by atoms with van der Waals surface area (Å²) in [7, 11) is 0. The molecule has 5 nitrogen and oxygen atoms in total. The first kappa shape index (κ1) is 11.4. The number of halogens is 1. The average molecular weight is 233 g/mol. The molecule has 0 fully saturated rings. The summed E-state index contributed by atoms with van der Waals surface area (Å²) in [6, 6.07) is 1.68. The van der Waals surface area contributed by atoms with Gasteiger partial charge in [-0.25, -0.2) is 24.3 Å². The van der Waals surface area contributed by atoms with Crippen molar-refractivity contribution in [2.45, 2.75) is 13.8 Å². The normalized spacial score (nSPS) is 10.3.